The van der Waals surface area contributed by atoms with Gasteiger partial charge >= 0.3 is 0 Å². The molecule has 0 aromatic carbocycles. The molecule has 13 heteroatoms. The van der Waals surface area contributed by atoms with Gasteiger partial charge in [-0.15, -0.1) is 0 Å². The van der Waals surface area contributed by atoms with Crippen LogP contribution in [0.5, 0.6) is 0 Å². The first-order chi connectivity index (χ1) is 28.1. The van der Waals surface area contributed by atoms with Gasteiger partial charge < -0.3 is 30.9 Å². The molecule has 1 heterocycles. The Morgan fingerprint density at radius 3 is 2.05 bits per heavy atom. The van der Waals surface area contributed by atoms with Gasteiger partial charge in [-0.25, -0.2) is 0 Å². The molecule has 0 aromatic heterocycles. The molecule has 0 bridgehead atoms. The fourth-order valence-corrected chi connectivity index (χ4v) is 9.73. The van der Waals surface area contributed by atoms with Crippen LogP contribution in [0, 0.1) is 35.5 Å². The summed E-state index contributed by atoms with van der Waals surface area (Å²) in [6.45, 7) is 27.2. The van der Waals surface area contributed by atoms with Crippen molar-refractivity contribution in [2.24, 2.45) is 41.2 Å². The highest BCUT2D eigenvalue weighted by Gasteiger charge is 2.46. The highest BCUT2D eigenvalue weighted by molar-refractivity contribution is 7.99. The molecule has 4 N–H and O–H groups in total. The van der Waals surface area contributed by atoms with Crippen LogP contribution in [0.4, 0.5) is 0 Å². The highest BCUT2D eigenvalue weighted by Crippen LogP contribution is 2.42. The Bertz CT molecular complexity index is 1500. The van der Waals surface area contributed by atoms with Crippen molar-refractivity contribution in [2.45, 2.75) is 155 Å². The maximum absolute atomic E-state index is 14.7. The number of thioether (sulfide) groups is 1. The Morgan fingerprint density at radius 2 is 1.58 bits per heavy atom. The smallest absolute Gasteiger partial charge is 0.245 e. The fraction of sp³-hybridized carbons (Fsp3) is 0.766. The molecule has 2 aliphatic rings. The number of hydrogen-bond donors (Lipinski definition) is 3. The minimum absolute atomic E-state index is 0.0110. The average Bonchev–Trinajstić information content (AvgIpc) is 3.64. The Balaban J connectivity index is 2.39. The number of likely N-dealkylation sites (tertiary alicyclic amines) is 1. The summed E-state index contributed by atoms with van der Waals surface area (Å²) in [5.41, 5.74) is 6.41. The van der Waals surface area contributed by atoms with Crippen molar-refractivity contribution < 1.29 is 28.7 Å². The molecule has 342 valence electrons. The number of likely N-dealkylation sites (N-methyl/N-ethyl adjacent to an activating group) is 2. The lowest BCUT2D eigenvalue weighted by Crippen LogP contribution is -2.60. The van der Waals surface area contributed by atoms with Crippen LogP contribution in [0.3, 0.4) is 0 Å². The summed E-state index contributed by atoms with van der Waals surface area (Å²) in [5.74, 6) is -1.90. The first kappa shape index (κ1) is 53.0. The molecule has 60 heavy (non-hydrogen) atoms. The SMILES string of the molecule is C=C/C=C(\C=C)C[C@H](NC(=O)[C@H](C)C(OC)[C@@H]1CCCN1C(=O)CC(C1CCC1)[C@H]([C@@H](C)CC)N(C)C(=O)[C@@H](NC(=O)C(C(C)C)N(C)CC(C)(C)SC)C(C)C)C(N)=O. The summed E-state index contributed by atoms with van der Waals surface area (Å²) in [6, 6.07) is -2.68. The number of nitrogens with two attached hydrogens (primary N) is 1. The van der Waals surface area contributed by atoms with Gasteiger partial charge in [0.15, 0.2) is 0 Å². The molecular formula is C47H82N6O6S. The van der Waals surface area contributed by atoms with Gasteiger partial charge in [-0.2, -0.15) is 11.8 Å². The number of nitrogens with zero attached hydrogens (tertiary/aromatic N) is 3. The molecular weight excluding hydrogens is 777 g/mol. The second kappa shape index (κ2) is 24.5. The van der Waals surface area contributed by atoms with E-state index in [1.807, 2.05) is 51.6 Å². The number of carbonyl (C=O) groups excluding carboxylic acids is 5. The number of hydrogen-bond acceptors (Lipinski definition) is 8. The average molecular weight is 859 g/mol. The number of carbonyl (C=O) groups is 5. The Morgan fingerprint density at radius 1 is 0.950 bits per heavy atom. The molecule has 2 fully saturated rings. The van der Waals surface area contributed by atoms with E-state index in [0.29, 0.717) is 25.1 Å². The zero-order valence-electron chi connectivity index (χ0n) is 39.4. The number of allylic oxidation sites excluding steroid dienone is 3. The second-order valence-electron chi connectivity index (χ2n) is 18.8. The van der Waals surface area contributed by atoms with Gasteiger partial charge in [-0.05, 0) is 75.2 Å². The number of rotatable bonds is 26. The van der Waals surface area contributed by atoms with E-state index in [4.69, 9.17) is 10.5 Å². The van der Waals surface area contributed by atoms with E-state index < -0.39 is 42.0 Å². The first-order valence-electron chi connectivity index (χ1n) is 22.3. The molecule has 12 nitrogen and oxygen atoms in total. The molecule has 1 saturated heterocycles. The van der Waals surface area contributed by atoms with E-state index in [2.05, 4.69) is 62.6 Å². The molecule has 3 unspecified atom stereocenters. The van der Waals surface area contributed by atoms with Crippen molar-refractivity contribution in [3.63, 3.8) is 0 Å². The Labute approximate surface area is 367 Å². The van der Waals surface area contributed by atoms with Crippen LogP contribution in [0.2, 0.25) is 0 Å². The van der Waals surface area contributed by atoms with E-state index in [1.165, 1.54) is 0 Å². The zero-order valence-corrected chi connectivity index (χ0v) is 40.2. The van der Waals surface area contributed by atoms with Crippen LogP contribution in [-0.4, -0.2) is 126 Å². The van der Waals surface area contributed by atoms with Gasteiger partial charge in [0.1, 0.15) is 12.1 Å². The largest absolute Gasteiger partial charge is 0.378 e. The first-order valence-corrected chi connectivity index (χ1v) is 23.5. The maximum atomic E-state index is 14.7. The lowest BCUT2D eigenvalue weighted by atomic mass is 9.68. The molecule has 0 radical (unpaired) electrons. The lowest BCUT2D eigenvalue weighted by molar-refractivity contribution is -0.146. The summed E-state index contributed by atoms with van der Waals surface area (Å²) < 4.78 is 5.94. The zero-order chi connectivity index (χ0) is 45.6. The van der Waals surface area contributed by atoms with Crippen LogP contribution >= 0.6 is 11.8 Å². The summed E-state index contributed by atoms with van der Waals surface area (Å²) in [7, 11) is 5.39. The topological polar surface area (TPSA) is 154 Å². The van der Waals surface area contributed by atoms with E-state index in [1.54, 1.807) is 44.0 Å². The monoisotopic (exact) mass is 859 g/mol. The Kier molecular flexibility index (Phi) is 21.6. The number of ether oxygens (including phenoxy) is 1. The van der Waals surface area contributed by atoms with Gasteiger partial charge in [0, 0.05) is 50.9 Å². The molecule has 9 atom stereocenters. The molecule has 5 amide bonds. The number of methoxy groups -OCH3 is 1. The van der Waals surface area contributed by atoms with Gasteiger partial charge in [-0.3, -0.25) is 28.9 Å². The summed E-state index contributed by atoms with van der Waals surface area (Å²) in [4.78, 5) is 75.4. The van der Waals surface area contributed by atoms with Crippen LogP contribution in [0.25, 0.3) is 0 Å². The van der Waals surface area contributed by atoms with Crippen molar-refractivity contribution >= 4 is 41.3 Å². The Hall–Kier alpha value is -3.16. The van der Waals surface area contributed by atoms with Crippen LogP contribution < -0.4 is 16.4 Å². The van der Waals surface area contributed by atoms with E-state index >= 15 is 0 Å². The third kappa shape index (κ3) is 14.2. The minimum Gasteiger partial charge on any atom is -0.378 e. The molecule has 0 spiro atoms. The third-order valence-electron chi connectivity index (χ3n) is 13.3. The second-order valence-corrected chi connectivity index (χ2v) is 20.3. The summed E-state index contributed by atoms with van der Waals surface area (Å²) in [6.07, 6.45) is 12.1. The lowest BCUT2D eigenvalue weighted by Gasteiger charge is -2.46. The minimum atomic E-state index is -0.956. The summed E-state index contributed by atoms with van der Waals surface area (Å²) in [5, 5.41) is 6.01. The van der Waals surface area contributed by atoms with E-state index in [0.717, 1.165) is 32.1 Å². The van der Waals surface area contributed by atoms with E-state index in [-0.39, 0.29) is 77.0 Å². The summed E-state index contributed by atoms with van der Waals surface area (Å²) >= 11 is 1.76. The number of amides is 5. The number of nitrogens with one attached hydrogen (secondary N) is 2. The van der Waals surface area contributed by atoms with Gasteiger partial charge in [0.2, 0.25) is 29.5 Å². The molecule has 2 rings (SSSR count). The standard InChI is InChI=1S/C47H82N6O6S/c1-16-21-33(18-3)26-36(43(48)55)49-44(56)32(9)42(59-14)37-24-20-25-53(37)38(54)27-35(34-22-19-23-34)41(31(8)17-2)52(13)46(58)39(29(4)5)50-45(57)40(30(6)7)51(12)28-47(10,11)60-15/h16,18,21,29-32,34-37,39-42H,1,3,17,19-20,22-28H2,2,4-15H3,(H2,48,55)(H,49,56)(H,50,57)/b33-21+/t31-,32+,35?,36-,37-,39-,40?,41-,42?/m0/s1. The predicted molar refractivity (Wildman–Crippen MR) is 246 cm³/mol. The van der Waals surface area contributed by atoms with Crippen molar-refractivity contribution in [3.8, 4) is 0 Å². The quantitative estimate of drug-likeness (QED) is 0.0870. The van der Waals surface area contributed by atoms with Crippen molar-refractivity contribution in [3.05, 3.63) is 37.0 Å². The van der Waals surface area contributed by atoms with Crippen LogP contribution in [0.1, 0.15) is 114 Å². The molecule has 0 aromatic rings. The van der Waals surface area contributed by atoms with Crippen molar-refractivity contribution in [2.75, 3.05) is 40.6 Å². The van der Waals surface area contributed by atoms with Crippen molar-refractivity contribution in [1.82, 2.24) is 25.3 Å². The molecule has 1 saturated carbocycles. The van der Waals surface area contributed by atoms with Gasteiger partial charge in [0.25, 0.3) is 0 Å². The van der Waals surface area contributed by atoms with Gasteiger partial charge in [0.05, 0.1) is 24.1 Å². The van der Waals surface area contributed by atoms with Gasteiger partial charge in [-0.1, -0.05) is 106 Å². The van der Waals surface area contributed by atoms with E-state index in [9.17, 15) is 24.0 Å². The fourth-order valence-electron chi connectivity index (χ4n) is 9.40. The maximum Gasteiger partial charge on any atom is 0.245 e. The normalized spacial score (nSPS) is 20.4. The molecule has 1 aliphatic carbocycles. The predicted octanol–water partition coefficient (Wildman–Crippen LogP) is 6.21. The third-order valence-corrected chi connectivity index (χ3v) is 14.5. The molecule has 1 aliphatic heterocycles. The number of primary amides is 1. The highest BCUT2D eigenvalue weighted by atomic mass is 32.2. The van der Waals surface area contributed by atoms with Crippen LogP contribution in [0.15, 0.2) is 37.0 Å². The van der Waals surface area contributed by atoms with Crippen LogP contribution in [-0.2, 0) is 28.7 Å². The van der Waals surface area contributed by atoms with Crippen molar-refractivity contribution in [1.29, 1.82) is 0 Å².